The molecule has 0 aliphatic rings. The summed E-state index contributed by atoms with van der Waals surface area (Å²) < 4.78 is 50.7. The number of para-hydroxylation sites is 1. The predicted molar refractivity (Wildman–Crippen MR) is 145 cm³/mol. The van der Waals surface area contributed by atoms with Crippen LogP contribution in [0.15, 0.2) is 65.6 Å². The second-order valence-electron chi connectivity index (χ2n) is 8.56. The van der Waals surface area contributed by atoms with Crippen molar-refractivity contribution in [2.24, 2.45) is 0 Å². The van der Waals surface area contributed by atoms with Crippen LogP contribution in [0.5, 0.6) is 23.0 Å². The average molecular weight is 543 g/mol. The van der Waals surface area contributed by atoms with Crippen molar-refractivity contribution < 1.29 is 32.2 Å². The van der Waals surface area contributed by atoms with E-state index in [0.29, 0.717) is 41.5 Å². The Morgan fingerprint density at radius 2 is 1.53 bits per heavy atom. The SMILES string of the molecule is COc1ccc(CCNC(=O)CC(NS(=O)(=O)c2ccc(C)cc2)c2cccc(OC)c2OC)cc1OC. The summed E-state index contributed by atoms with van der Waals surface area (Å²) in [5, 5.41) is 2.88. The Bertz CT molecular complexity index is 1340. The third kappa shape index (κ3) is 7.17. The highest BCUT2D eigenvalue weighted by atomic mass is 32.2. The van der Waals surface area contributed by atoms with Gasteiger partial charge in [-0.2, -0.15) is 0 Å². The number of amides is 1. The third-order valence-corrected chi connectivity index (χ3v) is 7.50. The standard InChI is InChI=1S/C28H34N2O7S/c1-19-9-12-21(13-10-19)38(32,33)30-23(22-7-6-8-25(35-3)28(22)37-5)18-27(31)29-16-15-20-11-14-24(34-2)26(17-20)36-4/h6-14,17,23,30H,15-16,18H2,1-5H3,(H,29,31). The smallest absolute Gasteiger partial charge is 0.241 e. The number of ether oxygens (including phenoxy) is 4. The van der Waals surface area contributed by atoms with E-state index in [9.17, 15) is 13.2 Å². The highest BCUT2D eigenvalue weighted by molar-refractivity contribution is 7.89. The number of nitrogens with one attached hydrogen (secondary N) is 2. The fraction of sp³-hybridized carbons (Fsp3) is 0.321. The van der Waals surface area contributed by atoms with Crippen LogP contribution in [0.4, 0.5) is 0 Å². The molecule has 0 bridgehead atoms. The van der Waals surface area contributed by atoms with E-state index >= 15 is 0 Å². The van der Waals surface area contributed by atoms with Crippen molar-refractivity contribution in [1.29, 1.82) is 0 Å². The fourth-order valence-electron chi connectivity index (χ4n) is 4.01. The van der Waals surface area contributed by atoms with Crippen LogP contribution < -0.4 is 29.0 Å². The molecule has 204 valence electrons. The van der Waals surface area contributed by atoms with Gasteiger partial charge in [-0.1, -0.05) is 35.9 Å². The van der Waals surface area contributed by atoms with Crippen molar-refractivity contribution in [3.05, 3.63) is 77.4 Å². The van der Waals surface area contributed by atoms with E-state index in [0.717, 1.165) is 11.1 Å². The highest BCUT2D eigenvalue weighted by Gasteiger charge is 2.27. The number of rotatable bonds is 13. The maximum Gasteiger partial charge on any atom is 0.241 e. The van der Waals surface area contributed by atoms with Gasteiger partial charge in [0.2, 0.25) is 15.9 Å². The molecule has 3 rings (SSSR count). The van der Waals surface area contributed by atoms with Crippen LogP contribution in [-0.4, -0.2) is 49.3 Å². The lowest BCUT2D eigenvalue weighted by Crippen LogP contribution is -2.34. The van der Waals surface area contributed by atoms with Crippen LogP contribution in [0.25, 0.3) is 0 Å². The van der Waals surface area contributed by atoms with Crippen molar-refractivity contribution in [1.82, 2.24) is 10.0 Å². The summed E-state index contributed by atoms with van der Waals surface area (Å²) in [5.74, 6) is 1.68. The first kappa shape index (κ1) is 28.8. The number of aryl methyl sites for hydroxylation is 1. The van der Waals surface area contributed by atoms with E-state index < -0.39 is 16.1 Å². The molecular formula is C28H34N2O7S. The number of carbonyl (C=O) groups excluding carboxylic acids is 1. The molecule has 1 atom stereocenters. The lowest BCUT2D eigenvalue weighted by molar-refractivity contribution is -0.121. The molecule has 10 heteroatoms. The van der Waals surface area contributed by atoms with Gasteiger partial charge in [0, 0.05) is 18.5 Å². The summed E-state index contributed by atoms with van der Waals surface area (Å²) in [6.45, 7) is 2.22. The molecule has 2 N–H and O–H groups in total. The second-order valence-corrected chi connectivity index (χ2v) is 10.3. The van der Waals surface area contributed by atoms with Crippen molar-refractivity contribution in [2.45, 2.75) is 30.7 Å². The summed E-state index contributed by atoms with van der Waals surface area (Å²) in [6, 6.07) is 16.3. The van der Waals surface area contributed by atoms with Gasteiger partial charge in [-0.05, 0) is 49.2 Å². The molecule has 0 fully saturated rings. The zero-order valence-electron chi connectivity index (χ0n) is 22.2. The van der Waals surface area contributed by atoms with Gasteiger partial charge in [-0.3, -0.25) is 4.79 Å². The van der Waals surface area contributed by atoms with Crippen LogP contribution in [-0.2, 0) is 21.2 Å². The van der Waals surface area contributed by atoms with Gasteiger partial charge in [0.15, 0.2) is 23.0 Å². The molecule has 0 aliphatic carbocycles. The Morgan fingerprint density at radius 1 is 0.842 bits per heavy atom. The minimum absolute atomic E-state index is 0.101. The van der Waals surface area contributed by atoms with Crippen molar-refractivity contribution in [3.8, 4) is 23.0 Å². The van der Waals surface area contributed by atoms with E-state index in [-0.39, 0.29) is 17.2 Å². The van der Waals surface area contributed by atoms with E-state index in [1.165, 1.54) is 26.4 Å². The molecule has 9 nitrogen and oxygen atoms in total. The first-order chi connectivity index (χ1) is 18.2. The lowest BCUT2D eigenvalue weighted by atomic mass is 10.0. The zero-order chi connectivity index (χ0) is 27.7. The quantitative estimate of drug-likeness (QED) is 0.338. The summed E-state index contributed by atoms with van der Waals surface area (Å²) in [6.07, 6.45) is 0.398. The monoisotopic (exact) mass is 542 g/mol. The van der Waals surface area contributed by atoms with Crippen LogP contribution in [0.3, 0.4) is 0 Å². The van der Waals surface area contributed by atoms with Crippen molar-refractivity contribution in [2.75, 3.05) is 35.0 Å². The molecule has 0 aliphatic heterocycles. The Balaban J connectivity index is 1.80. The molecule has 0 saturated heterocycles. The molecule has 1 amide bonds. The van der Waals surface area contributed by atoms with E-state index in [4.69, 9.17) is 18.9 Å². The second kappa shape index (κ2) is 13.2. The summed E-state index contributed by atoms with van der Waals surface area (Å²) in [4.78, 5) is 13.1. The molecule has 1 unspecified atom stereocenters. The fourth-order valence-corrected chi connectivity index (χ4v) is 5.23. The Labute approximate surface area is 224 Å². The minimum Gasteiger partial charge on any atom is -0.493 e. The largest absolute Gasteiger partial charge is 0.493 e. The predicted octanol–water partition coefficient (Wildman–Crippen LogP) is 3.80. The van der Waals surface area contributed by atoms with Crippen LogP contribution >= 0.6 is 0 Å². The van der Waals surface area contributed by atoms with Crippen LogP contribution in [0.2, 0.25) is 0 Å². The van der Waals surface area contributed by atoms with Gasteiger partial charge in [0.05, 0.1) is 39.4 Å². The van der Waals surface area contributed by atoms with Crippen molar-refractivity contribution in [3.63, 3.8) is 0 Å². The Kier molecular flexibility index (Phi) is 9.98. The molecule has 0 saturated carbocycles. The first-order valence-corrected chi connectivity index (χ1v) is 13.5. The molecule has 3 aromatic rings. The van der Waals surface area contributed by atoms with Crippen LogP contribution in [0, 0.1) is 6.92 Å². The molecule has 0 radical (unpaired) electrons. The minimum atomic E-state index is -3.94. The van der Waals surface area contributed by atoms with Gasteiger partial charge >= 0.3 is 0 Å². The van der Waals surface area contributed by atoms with Crippen molar-refractivity contribution >= 4 is 15.9 Å². The number of hydrogen-bond donors (Lipinski definition) is 2. The summed E-state index contributed by atoms with van der Waals surface area (Å²) >= 11 is 0. The maximum atomic E-state index is 13.2. The Morgan fingerprint density at radius 3 is 2.16 bits per heavy atom. The molecule has 38 heavy (non-hydrogen) atoms. The number of sulfonamides is 1. The topological polar surface area (TPSA) is 112 Å². The Hall–Kier alpha value is -3.76. The number of methoxy groups -OCH3 is 4. The molecule has 0 spiro atoms. The zero-order valence-corrected chi connectivity index (χ0v) is 23.1. The summed E-state index contributed by atoms with van der Waals surface area (Å²) in [5.41, 5.74) is 2.37. The number of benzene rings is 3. The van der Waals surface area contributed by atoms with Gasteiger partial charge in [0.1, 0.15) is 0 Å². The molecule has 3 aromatic carbocycles. The van der Waals surface area contributed by atoms with E-state index in [1.807, 2.05) is 19.1 Å². The van der Waals surface area contributed by atoms with Gasteiger partial charge in [-0.15, -0.1) is 0 Å². The first-order valence-electron chi connectivity index (χ1n) is 12.0. The summed E-state index contributed by atoms with van der Waals surface area (Å²) in [7, 11) is 2.15. The van der Waals surface area contributed by atoms with E-state index in [1.54, 1.807) is 50.6 Å². The van der Waals surface area contributed by atoms with E-state index in [2.05, 4.69) is 10.0 Å². The van der Waals surface area contributed by atoms with Gasteiger partial charge in [-0.25, -0.2) is 13.1 Å². The highest BCUT2D eigenvalue weighted by Crippen LogP contribution is 2.36. The van der Waals surface area contributed by atoms with Gasteiger partial charge in [0.25, 0.3) is 0 Å². The molecular weight excluding hydrogens is 508 g/mol. The van der Waals surface area contributed by atoms with Gasteiger partial charge < -0.3 is 24.3 Å². The normalized spacial score (nSPS) is 11.9. The van der Waals surface area contributed by atoms with Crippen LogP contribution in [0.1, 0.15) is 29.2 Å². The maximum absolute atomic E-state index is 13.2. The number of carbonyl (C=O) groups is 1. The number of hydrogen-bond acceptors (Lipinski definition) is 7. The third-order valence-electron chi connectivity index (χ3n) is 6.01. The molecule has 0 aromatic heterocycles. The average Bonchev–Trinajstić information content (AvgIpc) is 2.92. The lowest BCUT2D eigenvalue weighted by Gasteiger charge is -2.22. The molecule has 0 heterocycles.